The number of ketones is 1. The molecule has 0 bridgehead atoms. The van der Waals surface area contributed by atoms with Gasteiger partial charge in [-0.2, -0.15) is 5.26 Å². The second-order valence-electron chi connectivity index (χ2n) is 1.12. The van der Waals surface area contributed by atoms with Crippen molar-refractivity contribution in [1.82, 2.24) is 0 Å². The molecular formula is C4H4N2O2. The highest BCUT2D eigenvalue weighted by atomic mass is 16.4. The number of hydrogen-bond acceptors (Lipinski definition) is 4. The summed E-state index contributed by atoms with van der Waals surface area (Å²) < 4.78 is 0. The summed E-state index contributed by atoms with van der Waals surface area (Å²) in [6.07, 6.45) is 0. The molecule has 0 aliphatic heterocycles. The molecule has 0 saturated carbocycles. The van der Waals surface area contributed by atoms with Crippen LogP contribution < -0.4 is 0 Å². The monoisotopic (exact) mass is 112 g/mol. The van der Waals surface area contributed by atoms with Crippen LogP contribution in [-0.2, 0) is 4.79 Å². The van der Waals surface area contributed by atoms with Gasteiger partial charge in [-0.15, -0.1) is 0 Å². The van der Waals surface area contributed by atoms with Crippen molar-refractivity contribution < 1.29 is 10.0 Å². The minimum Gasteiger partial charge on any atom is -0.410 e. The summed E-state index contributed by atoms with van der Waals surface area (Å²) in [5, 5.41) is 18.2. The van der Waals surface area contributed by atoms with E-state index in [9.17, 15) is 4.79 Å². The molecule has 0 aliphatic rings. The standard InChI is InChI=1S/C4H4N2O2/c1-3(7)4(2-5)6-8/h8H,1H3/b6-4+. The van der Waals surface area contributed by atoms with Crippen LogP contribution in [0.15, 0.2) is 5.16 Å². The van der Waals surface area contributed by atoms with E-state index in [0.29, 0.717) is 0 Å². The van der Waals surface area contributed by atoms with E-state index < -0.39 is 11.5 Å². The molecule has 0 atom stereocenters. The first-order valence-corrected chi connectivity index (χ1v) is 1.85. The second kappa shape index (κ2) is 2.75. The van der Waals surface area contributed by atoms with Crippen molar-refractivity contribution in [2.24, 2.45) is 5.16 Å². The van der Waals surface area contributed by atoms with E-state index in [2.05, 4.69) is 5.16 Å². The van der Waals surface area contributed by atoms with Crippen LogP contribution in [0.25, 0.3) is 0 Å². The number of oxime groups is 1. The summed E-state index contributed by atoms with van der Waals surface area (Å²) in [5.74, 6) is -0.532. The van der Waals surface area contributed by atoms with Crippen LogP contribution in [0, 0.1) is 11.3 Å². The summed E-state index contributed by atoms with van der Waals surface area (Å²) >= 11 is 0. The molecule has 4 nitrogen and oxygen atoms in total. The molecule has 0 aromatic rings. The zero-order valence-electron chi connectivity index (χ0n) is 4.25. The number of nitriles is 1. The highest BCUT2D eigenvalue weighted by molar-refractivity contribution is 6.45. The van der Waals surface area contributed by atoms with Gasteiger partial charge in [0.05, 0.1) is 0 Å². The van der Waals surface area contributed by atoms with Gasteiger partial charge >= 0.3 is 0 Å². The van der Waals surface area contributed by atoms with Gasteiger partial charge in [-0.25, -0.2) is 0 Å². The third-order valence-corrected chi connectivity index (χ3v) is 0.539. The molecule has 0 aromatic carbocycles. The van der Waals surface area contributed by atoms with E-state index in [-0.39, 0.29) is 0 Å². The Hall–Kier alpha value is -1.37. The molecule has 0 fully saturated rings. The smallest absolute Gasteiger partial charge is 0.221 e. The van der Waals surface area contributed by atoms with Gasteiger partial charge in [0.15, 0.2) is 5.78 Å². The van der Waals surface area contributed by atoms with Crippen LogP contribution in [-0.4, -0.2) is 16.7 Å². The van der Waals surface area contributed by atoms with Gasteiger partial charge in [0, 0.05) is 6.92 Å². The van der Waals surface area contributed by atoms with Crippen LogP contribution in [0.2, 0.25) is 0 Å². The molecule has 0 spiro atoms. The normalized spacial score (nSPS) is 10.2. The van der Waals surface area contributed by atoms with Crippen LogP contribution in [0.1, 0.15) is 6.92 Å². The number of carbonyl (C=O) groups is 1. The van der Waals surface area contributed by atoms with Gasteiger partial charge < -0.3 is 5.21 Å². The lowest BCUT2D eigenvalue weighted by Crippen LogP contribution is -2.05. The molecule has 0 aromatic heterocycles. The zero-order valence-corrected chi connectivity index (χ0v) is 4.25. The second-order valence-corrected chi connectivity index (χ2v) is 1.12. The molecule has 0 unspecified atom stereocenters. The Morgan fingerprint density at radius 1 is 1.88 bits per heavy atom. The van der Waals surface area contributed by atoms with Gasteiger partial charge in [0.2, 0.25) is 5.71 Å². The van der Waals surface area contributed by atoms with Crippen LogP contribution >= 0.6 is 0 Å². The Bertz CT molecular complexity index is 165. The van der Waals surface area contributed by atoms with Crippen molar-refractivity contribution in [3.63, 3.8) is 0 Å². The van der Waals surface area contributed by atoms with Crippen molar-refractivity contribution >= 4 is 11.5 Å². The van der Waals surface area contributed by atoms with Crippen molar-refractivity contribution in [2.45, 2.75) is 6.92 Å². The number of nitrogens with zero attached hydrogens (tertiary/aromatic N) is 2. The quantitative estimate of drug-likeness (QED) is 0.293. The first-order valence-electron chi connectivity index (χ1n) is 1.85. The van der Waals surface area contributed by atoms with Gasteiger partial charge in [-0.05, 0) is 0 Å². The Labute approximate surface area is 46.0 Å². The fourth-order valence-corrected chi connectivity index (χ4v) is 0.171. The van der Waals surface area contributed by atoms with Crippen LogP contribution in [0.3, 0.4) is 0 Å². The first-order chi connectivity index (χ1) is 3.72. The van der Waals surface area contributed by atoms with Gasteiger partial charge in [0.1, 0.15) is 6.07 Å². The van der Waals surface area contributed by atoms with Gasteiger partial charge in [0.25, 0.3) is 0 Å². The van der Waals surface area contributed by atoms with Gasteiger partial charge in [-0.1, -0.05) is 5.16 Å². The highest BCUT2D eigenvalue weighted by Crippen LogP contribution is 1.74. The molecule has 0 amide bonds. The fraction of sp³-hybridized carbons (Fsp3) is 0.250. The number of hydrogen-bond donors (Lipinski definition) is 1. The SMILES string of the molecule is CC(=O)/C(C#N)=N/O. The average molecular weight is 112 g/mol. The minimum atomic E-state index is -0.532. The Kier molecular flexibility index (Phi) is 2.28. The molecule has 8 heavy (non-hydrogen) atoms. The van der Waals surface area contributed by atoms with Gasteiger partial charge in [-0.3, -0.25) is 4.79 Å². The largest absolute Gasteiger partial charge is 0.410 e. The van der Waals surface area contributed by atoms with E-state index in [1.807, 2.05) is 0 Å². The molecule has 0 heterocycles. The van der Waals surface area contributed by atoms with E-state index in [4.69, 9.17) is 10.5 Å². The Morgan fingerprint density at radius 3 is 2.38 bits per heavy atom. The zero-order chi connectivity index (χ0) is 6.57. The third kappa shape index (κ3) is 1.39. The summed E-state index contributed by atoms with van der Waals surface area (Å²) in [7, 11) is 0. The minimum absolute atomic E-state index is 0.468. The summed E-state index contributed by atoms with van der Waals surface area (Å²) in [4.78, 5) is 10.1. The van der Waals surface area contributed by atoms with E-state index in [1.54, 1.807) is 0 Å². The Morgan fingerprint density at radius 2 is 2.38 bits per heavy atom. The summed E-state index contributed by atoms with van der Waals surface area (Å²) in [6, 6.07) is 1.40. The van der Waals surface area contributed by atoms with Crippen LogP contribution in [0.5, 0.6) is 0 Å². The maximum Gasteiger partial charge on any atom is 0.221 e. The van der Waals surface area contributed by atoms with E-state index in [1.165, 1.54) is 6.07 Å². The highest BCUT2D eigenvalue weighted by Gasteiger charge is 2.01. The van der Waals surface area contributed by atoms with E-state index in [0.717, 1.165) is 6.92 Å². The molecule has 0 radical (unpaired) electrons. The predicted octanol–water partition coefficient (Wildman–Crippen LogP) is -0.0708. The van der Waals surface area contributed by atoms with Crippen molar-refractivity contribution in [3.05, 3.63) is 0 Å². The van der Waals surface area contributed by atoms with Crippen LogP contribution in [0.4, 0.5) is 0 Å². The third-order valence-electron chi connectivity index (χ3n) is 0.539. The topological polar surface area (TPSA) is 73.5 Å². The average Bonchev–Trinajstić information content (AvgIpc) is 1.69. The summed E-state index contributed by atoms with van der Waals surface area (Å²) in [6.45, 7) is 1.15. The summed E-state index contributed by atoms with van der Waals surface area (Å²) in [5.41, 5.74) is -0.468. The first kappa shape index (κ1) is 6.63. The fourth-order valence-electron chi connectivity index (χ4n) is 0.171. The van der Waals surface area contributed by atoms with Crippen molar-refractivity contribution in [3.8, 4) is 6.07 Å². The van der Waals surface area contributed by atoms with E-state index >= 15 is 0 Å². The molecule has 0 aliphatic carbocycles. The number of rotatable bonds is 1. The lowest BCUT2D eigenvalue weighted by atomic mass is 10.3. The predicted molar refractivity (Wildman–Crippen MR) is 25.5 cm³/mol. The molecule has 42 valence electrons. The maximum atomic E-state index is 10.1. The molecular weight excluding hydrogens is 108 g/mol. The molecule has 0 rings (SSSR count). The van der Waals surface area contributed by atoms with Crippen molar-refractivity contribution in [2.75, 3.05) is 0 Å². The lowest BCUT2D eigenvalue weighted by molar-refractivity contribution is -0.111. The molecule has 4 heteroatoms. The van der Waals surface area contributed by atoms with Crippen molar-refractivity contribution in [1.29, 1.82) is 5.26 Å². The number of Topliss-reactive ketones (excluding diaryl/α,β-unsaturated/α-hetero) is 1. The lowest BCUT2D eigenvalue weighted by Gasteiger charge is -1.79. The molecule has 1 N–H and O–H groups in total. The Balaban J connectivity index is 4.20. The molecule has 0 saturated heterocycles. The number of carbonyl (C=O) groups excluding carboxylic acids is 1. The maximum absolute atomic E-state index is 10.1.